The van der Waals surface area contributed by atoms with Crippen molar-refractivity contribution in [3.05, 3.63) is 11.9 Å². The van der Waals surface area contributed by atoms with E-state index in [1.165, 1.54) is 0 Å². The Morgan fingerprint density at radius 2 is 2.28 bits per heavy atom. The molecule has 104 valence electrons. The lowest BCUT2D eigenvalue weighted by Gasteiger charge is -2.02. The molecule has 1 aromatic heterocycles. The minimum atomic E-state index is -0.186. The molecule has 0 spiro atoms. The Labute approximate surface area is 114 Å². The zero-order chi connectivity index (χ0) is 12.7. The van der Waals surface area contributed by atoms with E-state index in [1.54, 1.807) is 10.9 Å². The molecule has 7 heteroatoms. The van der Waals surface area contributed by atoms with E-state index >= 15 is 0 Å². The number of aryl methyl sites for hydroxylation is 1. The molecular formula is C11H22ClN5O. The van der Waals surface area contributed by atoms with Gasteiger partial charge in [-0.1, -0.05) is 19.1 Å². The van der Waals surface area contributed by atoms with Gasteiger partial charge in [-0.3, -0.25) is 9.48 Å². The fourth-order valence-electron chi connectivity index (χ4n) is 1.30. The van der Waals surface area contributed by atoms with E-state index in [0.29, 0.717) is 24.7 Å². The van der Waals surface area contributed by atoms with Crippen molar-refractivity contribution in [1.29, 1.82) is 0 Å². The van der Waals surface area contributed by atoms with Crippen LogP contribution < -0.4 is 11.1 Å². The van der Waals surface area contributed by atoms with Crippen LogP contribution in [0.25, 0.3) is 0 Å². The van der Waals surface area contributed by atoms with E-state index in [-0.39, 0.29) is 18.3 Å². The van der Waals surface area contributed by atoms with Crippen LogP contribution in [-0.2, 0) is 6.54 Å². The van der Waals surface area contributed by atoms with Gasteiger partial charge in [0.25, 0.3) is 5.91 Å². The second kappa shape index (κ2) is 8.88. The van der Waals surface area contributed by atoms with E-state index in [9.17, 15) is 4.79 Å². The molecule has 1 heterocycles. The van der Waals surface area contributed by atoms with E-state index < -0.39 is 0 Å². The lowest BCUT2D eigenvalue weighted by Crippen LogP contribution is -2.26. The molecular weight excluding hydrogens is 254 g/mol. The van der Waals surface area contributed by atoms with Gasteiger partial charge in [0.1, 0.15) is 0 Å². The van der Waals surface area contributed by atoms with Gasteiger partial charge < -0.3 is 11.1 Å². The number of nitrogens with two attached hydrogens (primary N) is 1. The molecule has 1 aromatic rings. The predicted molar refractivity (Wildman–Crippen MR) is 72.7 cm³/mol. The number of carbonyl (C=O) groups excluding carboxylic acids is 1. The van der Waals surface area contributed by atoms with Crippen molar-refractivity contribution >= 4 is 18.3 Å². The standard InChI is InChI=1S/C11H21N5O.ClH/c1-9(2)4-7-16-8-10(14-15-16)11(17)13-6-3-5-12;/h8-9H,3-7,12H2,1-2H3,(H,13,17);1H. The van der Waals surface area contributed by atoms with Gasteiger partial charge in [0.05, 0.1) is 6.20 Å². The average molecular weight is 276 g/mol. The van der Waals surface area contributed by atoms with Gasteiger partial charge in [0.15, 0.2) is 5.69 Å². The third-order valence-electron chi connectivity index (χ3n) is 2.37. The summed E-state index contributed by atoms with van der Waals surface area (Å²) in [6, 6.07) is 0. The molecule has 0 aliphatic rings. The molecule has 0 saturated heterocycles. The van der Waals surface area contributed by atoms with Crippen molar-refractivity contribution in [3.8, 4) is 0 Å². The first-order chi connectivity index (χ1) is 8.13. The van der Waals surface area contributed by atoms with Crippen molar-refractivity contribution in [2.75, 3.05) is 13.1 Å². The maximum absolute atomic E-state index is 11.6. The van der Waals surface area contributed by atoms with Crippen LogP contribution in [0, 0.1) is 5.92 Å². The Bertz CT molecular complexity index is 353. The van der Waals surface area contributed by atoms with Gasteiger partial charge in [0, 0.05) is 13.1 Å². The molecule has 0 fully saturated rings. The van der Waals surface area contributed by atoms with Gasteiger partial charge in [-0.25, -0.2) is 0 Å². The number of carbonyl (C=O) groups is 1. The number of hydrogen-bond donors (Lipinski definition) is 2. The molecule has 0 saturated carbocycles. The summed E-state index contributed by atoms with van der Waals surface area (Å²) in [5.74, 6) is 0.426. The second-order valence-electron chi connectivity index (χ2n) is 4.45. The van der Waals surface area contributed by atoms with Crippen molar-refractivity contribution in [2.24, 2.45) is 11.7 Å². The summed E-state index contributed by atoms with van der Waals surface area (Å²) < 4.78 is 1.71. The SMILES string of the molecule is CC(C)CCn1cc(C(=O)NCCCN)nn1.Cl. The molecule has 18 heavy (non-hydrogen) atoms. The number of hydrogen-bond acceptors (Lipinski definition) is 4. The number of aromatic nitrogens is 3. The summed E-state index contributed by atoms with van der Waals surface area (Å²) in [7, 11) is 0. The normalized spacial score (nSPS) is 10.2. The first-order valence-corrected chi connectivity index (χ1v) is 6.02. The van der Waals surface area contributed by atoms with E-state index in [4.69, 9.17) is 5.73 Å². The summed E-state index contributed by atoms with van der Waals surface area (Å²) in [5.41, 5.74) is 5.71. The quantitative estimate of drug-likeness (QED) is 0.722. The molecule has 0 aliphatic carbocycles. The molecule has 0 unspecified atom stereocenters. The van der Waals surface area contributed by atoms with Gasteiger partial charge in [-0.05, 0) is 25.3 Å². The maximum atomic E-state index is 11.6. The molecule has 6 nitrogen and oxygen atoms in total. The Balaban J connectivity index is 0.00000289. The van der Waals surface area contributed by atoms with Crippen LogP contribution in [-0.4, -0.2) is 34.0 Å². The average Bonchev–Trinajstić information content (AvgIpc) is 2.75. The Hall–Kier alpha value is -1.14. The van der Waals surface area contributed by atoms with Crippen molar-refractivity contribution < 1.29 is 4.79 Å². The first-order valence-electron chi connectivity index (χ1n) is 6.02. The second-order valence-corrected chi connectivity index (χ2v) is 4.45. The Morgan fingerprint density at radius 3 is 2.89 bits per heavy atom. The molecule has 0 radical (unpaired) electrons. The Morgan fingerprint density at radius 1 is 1.56 bits per heavy atom. The summed E-state index contributed by atoms with van der Waals surface area (Å²) in [4.78, 5) is 11.6. The lowest BCUT2D eigenvalue weighted by atomic mass is 10.1. The van der Waals surface area contributed by atoms with Crippen LogP contribution in [0.3, 0.4) is 0 Å². The molecule has 1 amide bonds. The van der Waals surface area contributed by atoms with Crippen molar-refractivity contribution in [2.45, 2.75) is 33.2 Å². The minimum Gasteiger partial charge on any atom is -0.351 e. The van der Waals surface area contributed by atoms with E-state index in [1.807, 2.05) is 0 Å². The molecule has 0 aliphatic heterocycles. The lowest BCUT2D eigenvalue weighted by molar-refractivity contribution is 0.0948. The van der Waals surface area contributed by atoms with Crippen LogP contribution in [0.5, 0.6) is 0 Å². The molecule has 0 aromatic carbocycles. The highest BCUT2D eigenvalue weighted by atomic mass is 35.5. The zero-order valence-electron chi connectivity index (χ0n) is 10.9. The van der Waals surface area contributed by atoms with Crippen LogP contribution in [0.4, 0.5) is 0 Å². The van der Waals surface area contributed by atoms with Crippen LogP contribution in [0.2, 0.25) is 0 Å². The van der Waals surface area contributed by atoms with E-state index in [2.05, 4.69) is 29.5 Å². The van der Waals surface area contributed by atoms with Gasteiger partial charge in [-0.2, -0.15) is 0 Å². The van der Waals surface area contributed by atoms with Crippen LogP contribution in [0.15, 0.2) is 6.20 Å². The largest absolute Gasteiger partial charge is 0.351 e. The predicted octanol–water partition coefficient (Wildman–Crippen LogP) is 0.825. The summed E-state index contributed by atoms with van der Waals surface area (Å²) in [5, 5.41) is 10.5. The zero-order valence-corrected chi connectivity index (χ0v) is 11.7. The van der Waals surface area contributed by atoms with E-state index in [0.717, 1.165) is 19.4 Å². The number of amides is 1. The van der Waals surface area contributed by atoms with Crippen molar-refractivity contribution in [3.63, 3.8) is 0 Å². The molecule has 3 N–H and O–H groups in total. The third-order valence-corrected chi connectivity index (χ3v) is 2.37. The highest BCUT2D eigenvalue weighted by Gasteiger charge is 2.09. The fraction of sp³-hybridized carbons (Fsp3) is 0.727. The highest BCUT2D eigenvalue weighted by molar-refractivity contribution is 5.91. The highest BCUT2D eigenvalue weighted by Crippen LogP contribution is 2.02. The molecule has 0 bridgehead atoms. The number of halogens is 1. The number of nitrogens with one attached hydrogen (secondary N) is 1. The Kier molecular flexibility index (Phi) is 8.32. The summed E-state index contributed by atoms with van der Waals surface area (Å²) in [6.45, 7) is 6.24. The topological polar surface area (TPSA) is 85.8 Å². The van der Waals surface area contributed by atoms with Gasteiger partial charge >= 0.3 is 0 Å². The summed E-state index contributed by atoms with van der Waals surface area (Å²) >= 11 is 0. The molecule has 0 atom stereocenters. The number of rotatable bonds is 7. The first kappa shape index (κ1) is 16.9. The van der Waals surface area contributed by atoms with Crippen LogP contribution in [0.1, 0.15) is 37.2 Å². The monoisotopic (exact) mass is 275 g/mol. The van der Waals surface area contributed by atoms with Gasteiger partial charge in [0.2, 0.25) is 0 Å². The minimum absolute atomic E-state index is 0. The fourth-order valence-corrected chi connectivity index (χ4v) is 1.30. The summed E-state index contributed by atoms with van der Waals surface area (Å²) in [6.07, 6.45) is 3.48. The number of nitrogens with zero attached hydrogens (tertiary/aromatic N) is 3. The smallest absolute Gasteiger partial charge is 0.273 e. The third kappa shape index (κ3) is 5.97. The molecule has 1 rings (SSSR count). The van der Waals surface area contributed by atoms with Crippen molar-refractivity contribution in [1.82, 2.24) is 20.3 Å². The van der Waals surface area contributed by atoms with Crippen LogP contribution >= 0.6 is 12.4 Å². The maximum Gasteiger partial charge on any atom is 0.273 e. The van der Waals surface area contributed by atoms with Gasteiger partial charge in [-0.15, -0.1) is 17.5 Å².